The number of aryl methyl sites for hydroxylation is 1. The number of nitrogens with zero attached hydrogens (tertiary/aromatic N) is 3. The zero-order chi connectivity index (χ0) is 14.5. The zero-order valence-corrected chi connectivity index (χ0v) is 11.5. The molecule has 0 aliphatic carbocycles. The van der Waals surface area contributed by atoms with E-state index in [1.54, 1.807) is 17.0 Å². The van der Waals surface area contributed by atoms with Gasteiger partial charge in [-0.3, -0.25) is 0 Å². The minimum Gasteiger partial charge on any atom is -0.478 e. The topological polar surface area (TPSA) is 68.0 Å². The van der Waals surface area contributed by atoms with Gasteiger partial charge in [0.25, 0.3) is 0 Å². The number of carboxylic acids is 1. The van der Waals surface area contributed by atoms with E-state index in [0.717, 1.165) is 16.8 Å². The molecule has 1 heterocycles. The number of hydrogen-bond donors (Lipinski definition) is 1. The third kappa shape index (κ3) is 3.92. The molecule has 0 atom stereocenters. The summed E-state index contributed by atoms with van der Waals surface area (Å²) >= 11 is 1.43. The Hall–Kier alpha value is -2.15. The lowest BCUT2D eigenvalue weighted by Gasteiger charge is -2.03. The summed E-state index contributed by atoms with van der Waals surface area (Å²) in [7, 11) is 1.83. The lowest BCUT2D eigenvalue weighted by Crippen LogP contribution is -1.91. The highest BCUT2D eigenvalue weighted by molar-refractivity contribution is 7.98. The van der Waals surface area contributed by atoms with Crippen molar-refractivity contribution in [2.24, 2.45) is 7.05 Å². The van der Waals surface area contributed by atoms with E-state index in [0.29, 0.717) is 11.3 Å². The molecule has 7 heteroatoms. The summed E-state index contributed by atoms with van der Waals surface area (Å²) in [5.74, 6) is -0.937. The number of aromatic nitrogens is 3. The maximum absolute atomic E-state index is 13.5. The third-order valence-corrected chi connectivity index (χ3v) is 3.54. The summed E-state index contributed by atoms with van der Waals surface area (Å²) < 4.78 is 15.2. The van der Waals surface area contributed by atoms with E-state index in [9.17, 15) is 9.18 Å². The molecule has 0 aliphatic rings. The Morgan fingerprint density at radius 1 is 1.50 bits per heavy atom. The van der Waals surface area contributed by atoms with Crippen molar-refractivity contribution in [3.63, 3.8) is 0 Å². The number of benzene rings is 1. The molecule has 0 spiro atoms. The fourth-order valence-electron chi connectivity index (χ4n) is 1.57. The SMILES string of the molecule is Cn1cnnc1SCc1cc(F)cc(C=CC(=O)O)c1. The number of aliphatic carboxylic acids is 1. The number of carbonyl (C=O) groups is 1. The van der Waals surface area contributed by atoms with Crippen LogP contribution in [0, 0.1) is 5.82 Å². The normalized spacial score (nSPS) is 11.1. The van der Waals surface area contributed by atoms with Crippen LogP contribution in [-0.2, 0) is 17.6 Å². The van der Waals surface area contributed by atoms with Gasteiger partial charge >= 0.3 is 5.97 Å². The Balaban J connectivity index is 2.12. The summed E-state index contributed by atoms with van der Waals surface area (Å²) in [4.78, 5) is 10.5. The minimum absolute atomic E-state index is 0.397. The van der Waals surface area contributed by atoms with E-state index in [1.807, 2.05) is 7.05 Å². The van der Waals surface area contributed by atoms with E-state index in [2.05, 4.69) is 10.2 Å². The van der Waals surface area contributed by atoms with Crippen LogP contribution in [-0.4, -0.2) is 25.8 Å². The fourth-order valence-corrected chi connectivity index (χ4v) is 2.39. The first-order valence-electron chi connectivity index (χ1n) is 5.72. The van der Waals surface area contributed by atoms with Crippen LogP contribution in [0.25, 0.3) is 6.08 Å². The van der Waals surface area contributed by atoms with Crippen molar-refractivity contribution in [2.45, 2.75) is 10.9 Å². The van der Waals surface area contributed by atoms with Crippen LogP contribution in [0.5, 0.6) is 0 Å². The second-order valence-electron chi connectivity index (χ2n) is 4.08. The Labute approximate surface area is 119 Å². The van der Waals surface area contributed by atoms with Crippen LogP contribution in [0.3, 0.4) is 0 Å². The third-order valence-electron chi connectivity index (χ3n) is 2.44. The molecule has 20 heavy (non-hydrogen) atoms. The Kier molecular flexibility index (Phi) is 4.52. The van der Waals surface area contributed by atoms with Crippen molar-refractivity contribution >= 4 is 23.8 Å². The standard InChI is InChI=1S/C13H12FN3O2S/c1-17-8-15-16-13(17)20-7-10-4-9(2-3-12(18)19)5-11(14)6-10/h2-6,8H,7H2,1H3,(H,18,19). The van der Waals surface area contributed by atoms with Crippen LogP contribution in [0.2, 0.25) is 0 Å². The number of hydrogen-bond acceptors (Lipinski definition) is 4. The predicted molar refractivity (Wildman–Crippen MR) is 73.6 cm³/mol. The summed E-state index contributed by atoms with van der Waals surface area (Å²) in [6, 6.07) is 4.45. The van der Waals surface area contributed by atoms with E-state index < -0.39 is 11.8 Å². The molecule has 1 aromatic heterocycles. The van der Waals surface area contributed by atoms with Gasteiger partial charge in [-0.1, -0.05) is 17.8 Å². The van der Waals surface area contributed by atoms with Crippen molar-refractivity contribution in [3.8, 4) is 0 Å². The van der Waals surface area contributed by atoms with Crippen molar-refractivity contribution in [3.05, 3.63) is 47.5 Å². The monoisotopic (exact) mass is 293 g/mol. The fraction of sp³-hybridized carbons (Fsp3) is 0.154. The number of halogens is 1. The van der Waals surface area contributed by atoms with Crippen LogP contribution in [0.15, 0.2) is 35.8 Å². The van der Waals surface area contributed by atoms with E-state index in [4.69, 9.17) is 5.11 Å². The molecular formula is C13H12FN3O2S. The maximum Gasteiger partial charge on any atom is 0.328 e. The molecule has 0 saturated heterocycles. The summed E-state index contributed by atoms with van der Waals surface area (Å²) in [5.41, 5.74) is 1.27. The van der Waals surface area contributed by atoms with Crippen molar-refractivity contribution in [2.75, 3.05) is 0 Å². The molecule has 0 aliphatic heterocycles. The smallest absolute Gasteiger partial charge is 0.328 e. The second kappa shape index (κ2) is 6.33. The van der Waals surface area contributed by atoms with Gasteiger partial charge in [0, 0.05) is 18.9 Å². The summed E-state index contributed by atoms with van der Waals surface area (Å²) in [6.45, 7) is 0. The molecule has 2 aromatic rings. The summed E-state index contributed by atoms with van der Waals surface area (Å²) in [5, 5.41) is 17.0. The number of carboxylic acid groups (broad SMARTS) is 1. The Bertz CT molecular complexity index is 655. The molecule has 0 saturated carbocycles. The van der Waals surface area contributed by atoms with Gasteiger partial charge < -0.3 is 9.67 Å². The van der Waals surface area contributed by atoms with Gasteiger partial charge in [0.05, 0.1) is 0 Å². The highest BCUT2D eigenvalue weighted by Crippen LogP contribution is 2.21. The highest BCUT2D eigenvalue weighted by Gasteiger charge is 2.04. The molecule has 1 aromatic carbocycles. The highest BCUT2D eigenvalue weighted by atomic mass is 32.2. The van der Waals surface area contributed by atoms with Gasteiger partial charge in [-0.2, -0.15) is 0 Å². The first-order valence-corrected chi connectivity index (χ1v) is 6.70. The summed E-state index contributed by atoms with van der Waals surface area (Å²) in [6.07, 6.45) is 3.94. The van der Waals surface area contributed by atoms with Crippen LogP contribution in [0.4, 0.5) is 4.39 Å². The van der Waals surface area contributed by atoms with Crippen molar-refractivity contribution in [1.82, 2.24) is 14.8 Å². The van der Waals surface area contributed by atoms with Gasteiger partial charge in [0.2, 0.25) is 0 Å². The average molecular weight is 293 g/mol. The molecule has 0 amide bonds. The quantitative estimate of drug-likeness (QED) is 0.677. The molecule has 0 bridgehead atoms. The van der Waals surface area contributed by atoms with Crippen LogP contribution >= 0.6 is 11.8 Å². The molecule has 0 fully saturated rings. The van der Waals surface area contributed by atoms with Crippen molar-refractivity contribution < 1.29 is 14.3 Å². The van der Waals surface area contributed by atoms with Crippen molar-refractivity contribution in [1.29, 1.82) is 0 Å². The molecule has 5 nitrogen and oxygen atoms in total. The first kappa shape index (κ1) is 14.3. The molecule has 0 radical (unpaired) electrons. The first-order chi connectivity index (χ1) is 9.54. The largest absolute Gasteiger partial charge is 0.478 e. The lowest BCUT2D eigenvalue weighted by molar-refractivity contribution is -0.131. The van der Waals surface area contributed by atoms with Gasteiger partial charge in [0.1, 0.15) is 12.1 Å². The van der Waals surface area contributed by atoms with Gasteiger partial charge in [-0.15, -0.1) is 10.2 Å². The van der Waals surface area contributed by atoms with Crippen LogP contribution < -0.4 is 0 Å². The van der Waals surface area contributed by atoms with Crippen LogP contribution in [0.1, 0.15) is 11.1 Å². The lowest BCUT2D eigenvalue weighted by atomic mass is 10.1. The second-order valence-corrected chi connectivity index (χ2v) is 5.02. The van der Waals surface area contributed by atoms with E-state index in [-0.39, 0.29) is 0 Å². The van der Waals surface area contributed by atoms with Gasteiger partial charge in [0.15, 0.2) is 5.16 Å². The minimum atomic E-state index is -1.07. The molecule has 104 valence electrons. The van der Waals surface area contributed by atoms with E-state index in [1.165, 1.54) is 30.0 Å². The maximum atomic E-state index is 13.5. The number of rotatable bonds is 5. The predicted octanol–water partition coefficient (Wildman–Crippen LogP) is 2.34. The molecule has 0 unspecified atom stereocenters. The molecular weight excluding hydrogens is 281 g/mol. The molecule has 2 rings (SSSR count). The molecule has 1 N–H and O–H groups in total. The Morgan fingerprint density at radius 2 is 2.30 bits per heavy atom. The average Bonchev–Trinajstić information content (AvgIpc) is 2.79. The van der Waals surface area contributed by atoms with Gasteiger partial charge in [-0.25, -0.2) is 9.18 Å². The zero-order valence-electron chi connectivity index (χ0n) is 10.7. The van der Waals surface area contributed by atoms with Gasteiger partial charge in [-0.05, 0) is 29.3 Å². The Morgan fingerprint density at radius 3 is 2.95 bits per heavy atom. The number of thioether (sulfide) groups is 1. The van der Waals surface area contributed by atoms with E-state index >= 15 is 0 Å².